The number of nitrogens with zero attached hydrogens (tertiary/aromatic N) is 1. The van der Waals surface area contributed by atoms with Crippen LogP contribution in [0.3, 0.4) is 0 Å². The van der Waals surface area contributed by atoms with Crippen molar-refractivity contribution >= 4 is 29.1 Å². The predicted molar refractivity (Wildman–Crippen MR) is 41.3 cm³/mol. The Morgan fingerprint density at radius 3 is 2.20 bits per heavy atom. The van der Waals surface area contributed by atoms with Crippen molar-refractivity contribution in [2.24, 2.45) is 0 Å². The van der Waals surface area contributed by atoms with Crippen LogP contribution in [0, 0.1) is 0 Å². The molecule has 0 radical (unpaired) electrons. The van der Waals surface area contributed by atoms with Crippen molar-refractivity contribution in [3.63, 3.8) is 0 Å². The molecule has 1 aliphatic heterocycles. The maximum atomic E-state index is 11.0. The van der Waals surface area contributed by atoms with Gasteiger partial charge in [-0.2, -0.15) is 0 Å². The van der Waals surface area contributed by atoms with Crippen molar-refractivity contribution in [1.82, 2.24) is 4.90 Å². The molecule has 0 aromatic rings. The molecule has 0 aromatic carbocycles. The highest BCUT2D eigenvalue weighted by Gasteiger charge is 2.22. The quantitative estimate of drug-likeness (QED) is 0.561. The Morgan fingerprint density at radius 1 is 1.30 bits per heavy atom. The maximum absolute atomic E-state index is 11.0. The number of hydrogen-bond acceptors (Lipinski definition) is 1. The van der Waals surface area contributed by atoms with Crippen molar-refractivity contribution < 1.29 is 4.79 Å². The molecular weight excluding hydrogens is 173 g/mol. The first-order valence-corrected chi connectivity index (χ1v) is 4.16. The molecule has 1 amide bonds. The average molecular weight is 182 g/mol. The molecule has 1 fully saturated rings. The first-order valence-electron chi connectivity index (χ1n) is 3.29. The Labute approximate surface area is 70.1 Å². The third kappa shape index (κ3) is 1.77. The van der Waals surface area contributed by atoms with E-state index in [1.54, 1.807) is 4.90 Å². The van der Waals surface area contributed by atoms with Gasteiger partial charge in [-0.15, -0.1) is 0 Å². The van der Waals surface area contributed by atoms with Gasteiger partial charge in [0.25, 0.3) is 5.91 Å². The second kappa shape index (κ2) is 3.44. The van der Waals surface area contributed by atoms with Crippen molar-refractivity contribution in [2.45, 2.75) is 17.7 Å². The minimum atomic E-state index is -0.877. The van der Waals surface area contributed by atoms with E-state index in [0.717, 1.165) is 25.9 Å². The molecule has 58 valence electrons. The van der Waals surface area contributed by atoms with E-state index in [4.69, 9.17) is 23.2 Å². The van der Waals surface area contributed by atoms with Crippen LogP contribution in [0.1, 0.15) is 12.8 Å². The lowest BCUT2D eigenvalue weighted by Gasteiger charge is -2.14. The third-order valence-electron chi connectivity index (χ3n) is 1.60. The second-order valence-electron chi connectivity index (χ2n) is 2.33. The largest absolute Gasteiger partial charge is 0.340 e. The minimum absolute atomic E-state index is 0.152. The topological polar surface area (TPSA) is 20.3 Å². The van der Waals surface area contributed by atoms with Crippen LogP contribution in [-0.4, -0.2) is 28.7 Å². The van der Waals surface area contributed by atoms with Crippen LogP contribution in [0.25, 0.3) is 0 Å². The SMILES string of the molecule is O=C(C(Cl)Cl)N1CCCC1. The zero-order chi connectivity index (χ0) is 7.56. The third-order valence-corrected chi connectivity index (χ3v) is 1.98. The number of amides is 1. The van der Waals surface area contributed by atoms with Crippen LogP contribution in [0.4, 0.5) is 0 Å². The molecule has 0 atom stereocenters. The van der Waals surface area contributed by atoms with Crippen LogP contribution in [0.5, 0.6) is 0 Å². The zero-order valence-corrected chi connectivity index (χ0v) is 7.03. The molecule has 1 rings (SSSR count). The van der Waals surface area contributed by atoms with Gasteiger partial charge in [0, 0.05) is 13.1 Å². The Morgan fingerprint density at radius 2 is 1.80 bits per heavy atom. The summed E-state index contributed by atoms with van der Waals surface area (Å²) < 4.78 is 0. The highest BCUT2D eigenvalue weighted by Crippen LogP contribution is 2.13. The Hall–Kier alpha value is 0.0500. The zero-order valence-electron chi connectivity index (χ0n) is 5.52. The van der Waals surface area contributed by atoms with E-state index in [2.05, 4.69) is 0 Å². The summed E-state index contributed by atoms with van der Waals surface area (Å²) in [4.78, 5) is 11.8. The summed E-state index contributed by atoms with van der Waals surface area (Å²) in [6.07, 6.45) is 2.15. The molecular formula is C6H9Cl2NO. The van der Waals surface area contributed by atoms with Gasteiger partial charge in [0.05, 0.1) is 0 Å². The smallest absolute Gasteiger partial charge is 0.255 e. The van der Waals surface area contributed by atoms with Gasteiger partial charge in [0.1, 0.15) is 0 Å². The number of alkyl halides is 2. The van der Waals surface area contributed by atoms with E-state index >= 15 is 0 Å². The Kier molecular flexibility index (Phi) is 2.81. The Bertz CT molecular complexity index is 132. The van der Waals surface area contributed by atoms with Gasteiger partial charge < -0.3 is 4.90 Å². The summed E-state index contributed by atoms with van der Waals surface area (Å²) in [6.45, 7) is 1.63. The van der Waals surface area contributed by atoms with Crippen LogP contribution in [0.15, 0.2) is 0 Å². The van der Waals surface area contributed by atoms with Crippen LogP contribution >= 0.6 is 23.2 Å². The molecule has 10 heavy (non-hydrogen) atoms. The second-order valence-corrected chi connectivity index (χ2v) is 3.43. The lowest BCUT2D eigenvalue weighted by atomic mass is 10.4. The van der Waals surface area contributed by atoms with Gasteiger partial charge in [0.2, 0.25) is 0 Å². The van der Waals surface area contributed by atoms with Gasteiger partial charge >= 0.3 is 0 Å². The molecule has 0 aromatic heterocycles. The number of likely N-dealkylation sites (tertiary alicyclic amines) is 1. The van der Waals surface area contributed by atoms with E-state index in [1.165, 1.54) is 0 Å². The van der Waals surface area contributed by atoms with E-state index in [-0.39, 0.29) is 5.91 Å². The van der Waals surface area contributed by atoms with Gasteiger partial charge in [-0.05, 0) is 12.8 Å². The van der Waals surface area contributed by atoms with Crippen molar-refractivity contribution in [3.8, 4) is 0 Å². The molecule has 4 heteroatoms. The number of hydrogen-bond donors (Lipinski definition) is 0. The van der Waals surface area contributed by atoms with E-state index in [0.29, 0.717) is 0 Å². The number of rotatable bonds is 1. The first kappa shape index (κ1) is 8.15. The minimum Gasteiger partial charge on any atom is -0.340 e. The number of carbonyl (C=O) groups excluding carboxylic acids is 1. The highest BCUT2D eigenvalue weighted by molar-refractivity contribution is 6.53. The summed E-state index contributed by atoms with van der Waals surface area (Å²) >= 11 is 10.8. The molecule has 2 nitrogen and oxygen atoms in total. The van der Waals surface area contributed by atoms with Crippen molar-refractivity contribution in [1.29, 1.82) is 0 Å². The van der Waals surface area contributed by atoms with Gasteiger partial charge in [-0.3, -0.25) is 4.79 Å². The molecule has 1 aliphatic rings. The predicted octanol–water partition coefficient (Wildman–Crippen LogP) is 1.41. The molecule has 1 heterocycles. The summed E-state index contributed by atoms with van der Waals surface area (Å²) in [5, 5.41) is 0. The molecule has 0 spiro atoms. The normalized spacial score (nSPS) is 18.5. The van der Waals surface area contributed by atoms with E-state index < -0.39 is 4.84 Å². The summed E-state index contributed by atoms with van der Waals surface area (Å²) in [5.74, 6) is -0.152. The monoisotopic (exact) mass is 181 g/mol. The van der Waals surface area contributed by atoms with Gasteiger partial charge in [0.15, 0.2) is 4.84 Å². The fourth-order valence-electron chi connectivity index (χ4n) is 1.08. The number of carbonyl (C=O) groups is 1. The Balaban J connectivity index is 2.40. The van der Waals surface area contributed by atoms with Crippen LogP contribution in [-0.2, 0) is 4.79 Å². The summed E-state index contributed by atoms with van der Waals surface area (Å²) in [5.41, 5.74) is 0. The molecule has 0 unspecified atom stereocenters. The first-order chi connectivity index (χ1) is 4.72. The lowest BCUT2D eigenvalue weighted by Crippen LogP contribution is -2.31. The molecule has 1 saturated heterocycles. The van der Waals surface area contributed by atoms with Crippen LogP contribution in [0.2, 0.25) is 0 Å². The highest BCUT2D eigenvalue weighted by atomic mass is 35.5. The van der Waals surface area contributed by atoms with Crippen LogP contribution < -0.4 is 0 Å². The number of halogens is 2. The lowest BCUT2D eigenvalue weighted by molar-refractivity contribution is -0.128. The van der Waals surface area contributed by atoms with Gasteiger partial charge in [-0.25, -0.2) is 0 Å². The van der Waals surface area contributed by atoms with Gasteiger partial charge in [-0.1, -0.05) is 23.2 Å². The van der Waals surface area contributed by atoms with E-state index in [1.807, 2.05) is 0 Å². The molecule has 0 N–H and O–H groups in total. The average Bonchev–Trinajstić information content (AvgIpc) is 2.36. The van der Waals surface area contributed by atoms with Crippen molar-refractivity contribution in [2.75, 3.05) is 13.1 Å². The fourth-order valence-corrected chi connectivity index (χ4v) is 1.35. The van der Waals surface area contributed by atoms with Crippen molar-refractivity contribution in [3.05, 3.63) is 0 Å². The molecule has 0 bridgehead atoms. The molecule has 0 saturated carbocycles. The standard InChI is InChI=1S/C6H9Cl2NO/c7-5(8)6(10)9-3-1-2-4-9/h5H,1-4H2. The maximum Gasteiger partial charge on any atom is 0.255 e. The molecule has 0 aliphatic carbocycles. The summed E-state index contributed by atoms with van der Waals surface area (Å²) in [6, 6.07) is 0. The summed E-state index contributed by atoms with van der Waals surface area (Å²) in [7, 11) is 0. The van der Waals surface area contributed by atoms with E-state index in [9.17, 15) is 4.79 Å². The fraction of sp³-hybridized carbons (Fsp3) is 0.833.